The van der Waals surface area contributed by atoms with E-state index >= 15 is 0 Å². The Balaban J connectivity index is 2.66. The lowest BCUT2D eigenvalue weighted by Crippen LogP contribution is -2.03. The molecule has 2 N–H and O–H groups in total. The molecule has 0 unspecified atom stereocenters. The van der Waals surface area contributed by atoms with Gasteiger partial charge in [0.2, 0.25) is 0 Å². The first-order valence-corrected chi connectivity index (χ1v) is 4.02. The summed E-state index contributed by atoms with van der Waals surface area (Å²) in [4.78, 5) is 0. The first-order chi connectivity index (χ1) is 5.24. The molecule has 3 nitrogen and oxygen atoms in total. The van der Waals surface area contributed by atoms with E-state index in [4.69, 9.17) is 5.73 Å². The van der Waals surface area contributed by atoms with E-state index in [-0.39, 0.29) is 6.04 Å². The van der Waals surface area contributed by atoms with Crippen LogP contribution in [0.25, 0.3) is 0 Å². The minimum atomic E-state index is 0.0978. The number of rotatable bonds is 3. The van der Waals surface area contributed by atoms with Gasteiger partial charge in [0.05, 0.1) is 6.20 Å². The summed E-state index contributed by atoms with van der Waals surface area (Å²) in [6, 6.07) is 0.0978. The highest BCUT2D eigenvalue weighted by Gasteiger charge is 2.01. The SMILES string of the molecule is CCCn1cc([C@H](C)N)cn1. The van der Waals surface area contributed by atoms with Gasteiger partial charge in [-0.2, -0.15) is 5.10 Å². The van der Waals surface area contributed by atoms with Gasteiger partial charge in [-0.15, -0.1) is 0 Å². The van der Waals surface area contributed by atoms with Gasteiger partial charge in [0.1, 0.15) is 0 Å². The second-order valence-electron chi connectivity index (χ2n) is 2.83. The molecule has 1 aromatic heterocycles. The zero-order valence-corrected chi connectivity index (χ0v) is 7.12. The van der Waals surface area contributed by atoms with Gasteiger partial charge in [-0.05, 0) is 13.3 Å². The largest absolute Gasteiger partial charge is 0.324 e. The van der Waals surface area contributed by atoms with Gasteiger partial charge in [0.25, 0.3) is 0 Å². The standard InChI is InChI=1S/C8H15N3/c1-3-4-11-6-8(5-10-11)7(2)9/h5-7H,3-4,9H2,1-2H3/t7-/m0/s1. The highest BCUT2D eigenvalue weighted by molar-refractivity contribution is 5.07. The van der Waals surface area contributed by atoms with E-state index in [9.17, 15) is 0 Å². The summed E-state index contributed by atoms with van der Waals surface area (Å²) in [6.07, 6.45) is 4.95. The first kappa shape index (κ1) is 8.27. The van der Waals surface area contributed by atoms with Crippen molar-refractivity contribution in [2.45, 2.75) is 32.9 Å². The van der Waals surface area contributed by atoms with Crippen LogP contribution in [-0.2, 0) is 6.54 Å². The molecule has 0 saturated heterocycles. The Labute approximate surface area is 67.2 Å². The fraction of sp³-hybridized carbons (Fsp3) is 0.625. The van der Waals surface area contributed by atoms with E-state index < -0.39 is 0 Å². The quantitative estimate of drug-likeness (QED) is 0.711. The molecule has 0 aliphatic heterocycles. The van der Waals surface area contributed by atoms with Crippen LogP contribution in [0.2, 0.25) is 0 Å². The van der Waals surface area contributed by atoms with Crippen LogP contribution in [0.5, 0.6) is 0 Å². The molecule has 0 bridgehead atoms. The Morgan fingerprint density at radius 3 is 2.91 bits per heavy atom. The van der Waals surface area contributed by atoms with Crippen molar-refractivity contribution in [3.05, 3.63) is 18.0 Å². The van der Waals surface area contributed by atoms with Gasteiger partial charge in [-0.3, -0.25) is 4.68 Å². The summed E-state index contributed by atoms with van der Waals surface area (Å²) in [5.41, 5.74) is 6.78. The van der Waals surface area contributed by atoms with E-state index in [0.29, 0.717) is 0 Å². The molecule has 0 aromatic carbocycles. The van der Waals surface area contributed by atoms with Crippen LogP contribution in [0.3, 0.4) is 0 Å². The highest BCUT2D eigenvalue weighted by atomic mass is 15.3. The molecule has 0 saturated carbocycles. The lowest BCUT2D eigenvalue weighted by Gasteiger charge is -1.98. The van der Waals surface area contributed by atoms with Crippen molar-refractivity contribution < 1.29 is 0 Å². The third-order valence-corrected chi connectivity index (χ3v) is 1.63. The van der Waals surface area contributed by atoms with Gasteiger partial charge in [-0.1, -0.05) is 6.92 Å². The van der Waals surface area contributed by atoms with Crippen LogP contribution < -0.4 is 5.73 Å². The molecule has 0 radical (unpaired) electrons. The van der Waals surface area contributed by atoms with Gasteiger partial charge in [-0.25, -0.2) is 0 Å². The third-order valence-electron chi connectivity index (χ3n) is 1.63. The molecule has 0 fully saturated rings. The van der Waals surface area contributed by atoms with Crippen molar-refractivity contribution >= 4 is 0 Å². The second-order valence-corrected chi connectivity index (χ2v) is 2.83. The number of hydrogen-bond donors (Lipinski definition) is 1. The fourth-order valence-electron chi connectivity index (χ4n) is 0.966. The molecule has 1 heterocycles. The predicted molar refractivity (Wildman–Crippen MR) is 45.1 cm³/mol. The van der Waals surface area contributed by atoms with Gasteiger partial charge >= 0.3 is 0 Å². The smallest absolute Gasteiger partial charge is 0.0537 e. The highest BCUT2D eigenvalue weighted by Crippen LogP contribution is 2.06. The maximum atomic E-state index is 5.67. The molecule has 1 aromatic rings. The molecular formula is C8H15N3. The summed E-state index contributed by atoms with van der Waals surface area (Å²) in [5, 5.41) is 4.16. The van der Waals surface area contributed by atoms with E-state index in [1.807, 2.05) is 24.0 Å². The average Bonchev–Trinajstić information content (AvgIpc) is 2.37. The zero-order chi connectivity index (χ0) is 8.27. The molecule has 1 rings (SSSR count). The van der Waals surface area contributed by atoms with Crippen LogP contribution >= 0.6 is 0 Å². The van der Waals surface area contributed by atoms with E-state index in [1.54, 1.807) is 0 Å². The van der Waals surface area contributed by atoms with Gasteiger partial charge in [0.15, 0.2) is 0 Å². The summed E-state index contributed by atoms with van der Waals surface area (Å²) < 4.78 is 1.93. The summed E-state index contributed by atoms with van der Waals surface area (Å²) in [7, 11) is 0. The Morgan fingerprint density at radius 2 is 2.45 bits per heavy atom. The molecule has 1 atom stereocenters. The maximum absolute atomic E-state index is 5.67. The van der Waals surface area contributed by atoms with Crippen molar-refractivity contribution in [1.29, 1.82) is 0 Å². The molecule has 0 aliphatic carbocycles. The van der Waals surface area contributed by atoms with Gasteiger partial charge in [0, 0.05) is 24.3 Å². The normalized spacial score (nSPS) is 13.4. The second kappa shape index (κ2) is 3.53. The average molecular weight is 153 g/mol. The number of nitrogens with two attached hydrogens (primary N) is 1. The van der Waals surface area contributed by atoms with Crippen LogP contribution in [0.1, 0.15) is 31.9 Å². The summed E-state index contributed by atoms with van der Waals surface area (Å²) in [6.45, 7) is 5.08. The van der Waals surface area contributed by atoms with E-state index in [1.165, 1.54) is 0 Å². The fourth-order valence-corrected chi connectivity index (χ4v) is 0.966. The molecule has 0 aliphatic rings. The van der Waals surface area contributed by atoms with E-state index in [2.05, 4.69) is 12.0 Å². The third kappa shape index (κ3) is 2.05. The Kier molecular flexibility index (Phi) is 2.65. The number of hydrogen-bond acceptors (Lipinski definition) is 2. The Bertz CT molecular complexity index is 215. The minimum absolute atomic E-state index is 0.0978. The van der Waals surface area contributed by atoms with Crippen LogP contribution in [-0.4, -0.2) is 9.78 Å². The Morgan fingerprint density at radius 1 is 1.73 bits per heavy atom. The summed E-state index contributed by atoms with van der Waals surface area (Å²) in [5.74, 6) is 0. The molecule has 11 heavy (non-hydrogen) atoms. The molecule has 3 heteroatoms. The monoisotopic (exact) mass is 153 g/mol. The van der Waals surface area contributed by atoms with E-state index in [0.717, 1.165) is 18.5 Å². The minimum Gasteiger partial charge on any atom is -0.324 e. The molecule has 62 valence electrons. The Hall–Kier alpha value is -0.830. The van der Waals surface area contributed by atoms with Crippen molar-refractivity contribution in [2.75, 3.05) is 0 Å². The lowest BCUT2D eigenvalue weighted by atomic mass is 10.2. The molecule has 0 amide bonds. The van der Waals surface area contributed by atoms with Crippen molar-refractivity contribution in [2.24, 2.45) is 5.73 Å². The molecule has 0 spiro atoms. The maximum Gasteiger partial charge on any atom is 0.0537 e. The van der Waals surface area contributed by atoms with Crippen molar-refractivity contribution in [3.8, 4) is 0 Å². The molecular weight excluding hydrogens is 138 g/mol. The van der Waals surface area contributed by atoms with Crippen molar-refractivity contribution in [1.82, 2.24) is 9.78 Å². The number of aromatic nitrogens is 2. The zero-order valence-electron chi connectivity index (χ0n) is 7.12. The van der Waals surface area contributed by atoms with Gasteiger partial charge < -0.3 is 5.73 Å². The van der Waals surface area contributed by atoms with Crippen LogP contribution in [0.15, 0.2) is 12.4 Å². The van der Waals surface area contributed by atoms with Crippen molar-refractivity contribution in [3.63, 3.8) is 0 Å². The van der Waals surface area contributed by atoms with Crippen LogP contribution in [0, 0.1) is 0 Å². The number of aryl methyl sites for hydroxylation is 1. The van der Waals surface area contributed by atoms with Crippen LogP contribution in [0.4, 0.5) is 0 Å². The summed E-state index contributed by atoms with van der Waals surface area (Å²) >= 11 is 0. The lowest BCUT2D eigenvalue weighted by molar-refractivity contribution is 0.601. The number of nitrogens with zero attached hydrogens (tertiary/aromatic N) is 2. The first-order valence-electron chi connectivity index (χ1n) is 4.02. The predicted octanol–water partition coefficient (Wildman–Crippen LogP) is 1.31. The topological polar surface area (TPSA) is 43.8 Å².